The Bertz CT molecular complexity index is 1600. The number of carbonyl (C=O) groups excluding carboxylic acids is 3. The zero-order valence-corrected chi connectivity index (χ0v) is 24.5. The van der Waals surface area contributed by atoms with E-state index in [0.29, 0.717) is 22.0 Å². The number of benzene rings is 4. The minimum absolute atomic E-state index is 0.104. The molecule has 4 rings (SSSR count). The van der Waals surface area contributed by atoms with Crippen LogP contribution in [0, 0.1) is 13.8 Å². The van der Waals surface area contributed by atoms with E-state index in [-0.39, 0.29) is 11.6 Å². The van der Waals surface area contributed by atoms with Gasteiger partial charge in [-0.3, -0.25) is 14.4 Å². The number of hydrogen-bond donors (Lipinski definition) is 3. The zero-order chi connectivity index (χ0) is 29.4. The Hall–Kier alpha value is -4.33. The van der Waals surface area contributed by atoms with E-state index in [1.54, 1.807) is 60.7 Å². The molecule has 0 aromatic heterocycles. The molecular weight excluding hydrogens is 554 g/mol. The van der Waals surface area contributed by atoms with E-state index in [1.807, 2.05) is 63.2 Å². The molecule has 0 saturated carbocycles. The summed E-state index contributed by atoms with van der Waals surface area (Å²) in [5.74, 6) is -1.03. The molecular formula is C33H30ClN3O3S. The lowest BCUT2D eigenvalue weighted by atomic mass is 10.1. The molecule has 4 aromatic rings. The summed E-state index contributed by atoms with van der Waals surface area (Å²) >= 11 is 7.54. The first-order valence-corrected chi connectivity index (χ1v) is 14.2. The van der Waals surface area contributed by atoms with Gasteiger partial charge in [0.2, 0.25) is 5.91 Å². The smallest absolute Gasteiger partial charge is 0.272 e. The monoisotopic (exact) mass is 583 g/mol. The maximum atomic E-state index is 13.4. The topological polar surface area (TPSA) is 87.3 Å². The first-order chi connectivity index (χ1) is 19.7. The third-order valence-corrected chi connectivity index (χ3v) is 7.68. The SMILES string of the molecule is Cc1cccc(/C=C(/NC(=O)c2ccccc2)C(=O)Nc2cccc(SC(C)C(=O)Nc3cccc(Cl)c3C)c2)c1. The summed E-state index contributed by atoms with van der Waals surface area (Å²) in [5, 5.41) is 8.74. The number of hydrogen-bond acceptors (Lipinski definition) is 4. The highest BCUT2D eigenvalue weighted by Gasteiger charge is 2.18. The number of rotatable bonds is 9. The normalized spacial score (nSPS) is 11.9. The number of amides is 3. The van der Waals surface area contributed by atoms with Crippen LogP contribution in [0.3, 0.4) is 0 Å². The highest BCUT2D eigenvalue weighted by Crippen LogP contribution is 2.28. The zero-order valence-electron chi connectivity index (χ0n) is 22.9. The Morgan fingerprint density at radius 2 is 1.56 bits per heavy atom. The third kappa shape index (κ3) is 8.33. The number of carbonyl (C=O) groups is 3. The minimum atomic E-state index is -0.472. The Morgan fingerprint density at radius 1 is 0.829 bits per heavy atom. The van der Waals surface area contributed by atoms with E-state index in [1.165, 1.54) is 11.8 Å². The van der Waals surface area contributed by atoms with Gasteiger partial charge in [-0.05, 0) is 80.4 Å². The lowest BCUT2D eigenvalue weighted by molar-refractivity contribution is -0.115. The predicted octanol–water partition coefficient (Wildman–Crippen LogP) is 7.49. The van der Waals surface area contributed by atoms with Crippen LogP contribution in [0.5, 0.6) is 0 Å². The third-order valence-electron chi connectivity index (χ3n) is 6.18. The average Bonchev–Trinajstić information content (AvgIpc) is 2.95. The van der Waals surface area contributed by atoms with Gasteiger partial charge in [0, 0.05) is 26.9 Å². The quantitative estimate of drug-likeness (QED) is 0.141. The summed E-state index contributed by atoms with van der Waals surface area (Å²) in [4.78, 5) is 39.9. The molecule has 8 heteroatoms. The molecule has 3 amide bonds. The summed E-state index contributed by atoms with van der Waals surface area (Å²) in [7, 11) is 0. The van der Waals surface area contributed by atoms with E-state index in [2.05, 4.69) is 16.0 Å². The molecule has 3 N–H and O–H groups in total. The second-order valence-electron chi connectivity index (χ2n) is 9.44. The molecule has 0 aliphatic rings. The van der Waals surface area contributed by atoms with Gasteiger partial charge in [-0.1, -0.05) is 71.8 Å². The number of halogens is 1. The van der Waals surface area contributed by atoms with Gasteiger partial charge in [0.15, 0.2) is 0 Å². The summed E-state index contributed by atoms with van der Waals surface area (Å²) in [6.07, 6.45) is 1.64. The summed E-state index contributed by atoms with van der Waals surface area (Å²) in [6, 6.07) is 29.0. The van der Waals surface area contributed by atoms with Gasteiger partial charge in [-0.2, -0.15) is 0 Å². The molecule has 0 radical (unpaired) electrons. The van der Waals surface area contributed by atoms with Crippen LogP contribution in [0.4, 0.5) is 11.4 Å². The van der Waals surface area contributed by atoms with E-state index >= 15 is 0 Å². The Labute approximate surface area is 249 Å². The molecule has 0 bridgehead atoms. The van der Waals surface area contributed by atoms with Crippen molar-refractivity contribution in [2.24, 2.45) is 0 Å². The summed E-state index contributed by atoms with van der Waals surface area (Å²) in [5.41, 5.74) is 4.35. The van der Waals surface area contributed by atoms with Crippen LogP contribution in [-0.2, 0) is 9.59 Å². The molecule has 208 valence electrons. The van der Waals surface area contributed by atoms with Crippen molar-refractivity contribution >= 4 is 58.5 Å². The van der Waals surface area contributed by atoms with Crippen molar-refractivity contribution in [3.63, 3.8) is 0 Å². The predicted molar refractivity (Wildman–Crippen MR) is 168 cm³/mol. The highest BCUT2D eigenvalue weighted by atomic mass is 35.5. The molecule has 0 heterocycles. The first-order valence-electron chi connectivity index (χ1n) is 13.0. The summed E-state index contributed by atoms with van der Waals surface area (Å²) < 4.78 is 0. The fourth-order valence-corrected chi connectivity index (χ4v) is 5.05. The second-order valence-corrected chi connectivity index (χ2v) is 11.3. The first kappa shape index (κ1) is 29.6. The van der Waals surface area contributed by atoms with Crippen molar-refractivity contribution in [3.05, 3.63) is 130 Å². The van der Waals surface area contributed by atoms with Crippen molar-refractivity contribution < 1.29 is 14.4 Å². The van der Waals surface area contributed by atoms with Crippen LogP contribution in [0.15, 0.2) is 108 Å². The fourth-order valence-electron chi connectivity index (χ4n) is 3.95. The fraction of sp³-hybridized carbons (Fsp3) is 0.121. The molecule has 1 unspecified atom stereocenters. The summed E-state index contributed by atoms with van der Waals surface area (Å²) in [6.45, 7) is 5.62. The van der Waals surface area contributed by atoms with Gasteiger partial charge in [-0.15, -0.1) is 11.8 Å². The average molecular weight is 584 g/mol. The number of thioether (sulfide) groups is 1. The number of nitrogens with one attached hydrogen (secondary N) is 3. The van der Waals surface area contributed by atoms with Crippen molar-refractivity contribution in [2.45, 2.75) is 30.9 Å². The van der Waals surface area contributed by atoms with Gasteiger partial charge in [0.25, 0.3) is 11.8 Å². The van der Waals surface area contributed by atoms with Gasteiger partial charge in [0.1, 0.15) is 5.70 Å². The van der Waals surface area contributed by atoms with Crippen molar-refractivity contribution in [1.29, 1.82) is 0 Å². The van der Waals surface area contributed by atoms with E-state index in [4.69, 9.17) is 11.6 Å². The van der Waals surface area contributed by atoms with Crippen LogP contribution in [0.1, 0.15) is 34.0 Å². The van der Waals surface area contributed by atoms with Gasteiger partial charge in [0.05, 0.1) is 5.25 Å². The Kier molecular flexibility index (Phi) is 10.0. The molecule has 41 heavy (non-hydrogen) atoms. The van der Waals surface area contributed by atoms with E-state index in [0.717, 1.165) is 21.6 Å². The molecule has 6 nitrogen and oxygen atoms in total. The van der Waals surface area contributed by atoms with Crippen molar-refractivity contribution in [3.8, 4) is 0 Å². The maximum Gasteiger partial charge on any atom is 0.272 e. The van der Waals surface area contributed by atoms with Crippen LogP contribution >= 0.6 is 23.4 Å². The minimum Gasteiger partial charge on any atom is -0.325 e. The highest BCUT2D eigenvalue weighted by molar-refractivity contribution is 8.00. The molecule has 0 spiro atoms. The van der Waals surface area contributed by atoms with Gasteiger partial charge >= 0.3 is 0 Å². The van der Waals surface area contributed by atoms with Crippen LogP contribution < -0.4 is 16.0 Å². The van der Waals surface area contributed by atoms with Crippen LogP contribution in [-0.4, -0.2) is 23.0 Å². The molecule has 1 atom stereocenters. The molecule has 4 aromatic carbocycles. The Balaban J connectivity index is 1.48. The van der Waals surface area contributed by atoms with Gasteiger partial charge in [-0.25, -0.2) is 0 Å². The standard InChI is InChI=1S/C33H30ClN3O3S/c1-21-10-7-11-24(18-21)19-30(37-32(39)25-12-5-4-6-13-25)33(40)35-26-14-8-15-27(20-26)41-23(3)31(38)36-29-17-9-16-28(34)22(29)2/h4-20,23H,1-3H3,(H,35,40)(H,36,38)(H,37,39)/b30-19+. The van der Waals surface area contributed by atoms with E-state index in [9.17, 15) is 14.4 Å². The molecule has 0 saturated heterocycles. The molecule has 0 aliphatic carbocycles. The largest absolute Gasteiger partial charge is 0.325 e. The lowest BCUT2D eigenvalue weighted by Gasteiger charge is -2.15. The molecule has 0 fully saturated rings. The van der Waals surface area contributed by atoms with Crippen molar-refractivity contribution in [2.75, 3.05) is 10.6 Å². The van der Waals surface area contributed by atoms with Crippen LogP contribution in [0.25, 0.3) is 6.08 Å². The van der Waals surface area contributed by atoms with Crippen molar-refractivity contribution in [1.82, 2.24) is 5.32 Å². The van der Waals surface area contributed by atoms with Crippen LogP contribution in [0.2, 0.25) is 5.02 Å². The lowest BCUT2D eigenvalue weighted by Crippen LogP contribution is -2.30. The Morgan fingerprint density at radius 3 is 2.32 bits per heavy atom. The maximum absolute atomic E-state index is 13.4. The second kappa shape index (κ2) is 13.8. The van der Waals surface area contributed by atoms with Gasteiger partial charge < -0.3 is 16.0 Å². The molecule has 0 aliphatic heterocycles. The number of anilines is 2. The van der Waals surface area contributed by atoms with E-state index < -0.39 is 17.1 Å². The number of aryl methyl sites for hydroxylation is 1.